The normalized spacial score (nSPS) is 15.0. The molecule has 1 aromatic heterocycles. The van der Waals surface area contributed by atoms with Gasteiger partial charge in [-0.05, 0) is 0 Å². The predicted molar refractivity (Wildman–Crippen MR) is 56.0 cm³/mol. The summed E-state index contributed by atoms with van der Waals surface area (Å²) in [6.45, 7) is -1.20. The van der Waals surface area contributed by atoms with E-state index in [0.29, 0.717) is 12.3 Å². The van der Waals surface area contributed by atoms with Crippen LogP contribution in [-0.4, -0.2) is 55.5 Å². The number of aliphatic hydroxyl groups is 3. The topological polar surface area (TPSA) is 133 Å². The molecule has 10 heteroatoms. The van der Waals surface area contributed by atoms with Gasteiger partial charge in [-0.2, -0.15) is 8.78 Å². The van der Waals surface area contributed by atoms with E-state index in [1.807, 2.05) is 0 Å². The van der Waals surface area contributed by atoms with Crippen LogP contribution in [0.2, 0.25) is 0 Å². The van der Waals surface area contributed by atoms with E-state index >= 15 is 0 Å². The van der Waals surface area contributed by atoms with Crippen LogP contribution in [0.25, 0.3) is 0 Å². The van der Waals surface area contributed by atoms with Gasteiger partial charge in [0.05, 0.1) is 6.61 Å². The lowest BCUT2D eigenvalue weighted by Crippen LogP contribution is -2.53. The third-order valence-electron chi connectivity index (χ3n) is 2.25. The van der Waals surface area contributed by atoms with Crippen LogP contribution >= 0.6 is 0 Å². The van der Waals surface area contributed by atoms with Crippen LogP contribution in [0.1, 0.15) is 4.79 Å². The lowest BCUT2D eigenvalue weighted by molar-refractivity contribution is -0.136. The lowest BCUT2D eigenvalue weighted by atomic mass is 10.1. The Hall–Kier alpha value is -1.91. The van der Waals surface area contributed by atoms with Gasteiger partial charge in [0.15, 0.2) is 6.10 Å². The number of aliphatic hydroxyl groups excluding tert-OH is 3. The second-order valence-corrected chi connectivity index (χ2v) is 3.60. The number of nitrogens with zero attached hydrogens (tertiary/aromatic N) is 1. The van der Waals surface area contributed by atoms with Gasteiger partial charge in [-0.1, -0.05) is 0 Å². The number of rotatable bonds is 4. The Labute approximate surface area is 103 Å². The number of carbonyl (C=O) groups excluding carboxylic acids is 1. The molecule has 1 aromatic rings. The van der Waals surface area contributed by atoms with Crippen LogP contribution in [0.5, 0.6) is 0 Å². The maximum absolute atomic E-state index is 13.5. The maximum atomic E-state index is 13.5. The number of nitrogens with one attached hydrogen (secondary N) is 1. The monoisotopic (exact) mass is 280 g/mol. The van der Waals surface area contributed by atoms with Crippen molar-refractivity contribution in [2.75, 3.05) is 6.61 Å². The Morgan fingerprint density at radius 3 is 2.47 bits per heavy atom. The highest BCUT2D eigenvalue weighted by Gasteiger charge is 2.50. The molecule has 106 valence electrons. The molecular weight excluding hydrogens is 270 g/mol. The highest BCUT2D eigenvalue weighted by molar-refractivity contribution is 5.86. The Morgan fingerprint density at radius 2 is 2.00 bits per heavy atom. The van der Waals surface area contributed by atoms with E-state index in [0.717, 1.165) is 0 Å². The molecule has 19 heavy (non-hydrogen) atoms. The summed E-state index contributed by atoms with van der Waals surface area (Å²) in [5.74, 6) is -6.67. The fourth-order valence-electron chi connectivity index (χ4n) is 1.21. The second kappa shape index (κ2) is 5.38. The number of H-pyrrole nitrogens is 1. The van der Waals surface area contributed by atoms with Crippen LogP contribution in [-0.2, 0) is 0 Å². The molecule has 2 atom stereocenters. The Bertz CT molecular complexity index is 581. The molecule has 8 nitrogen and oxygen atoms in total. The third kappa shape index (κ3) is 2.92. The molecular formula is C9H10F2N2O6. The SMILES string of the molecule is O=C(n1ccc(=O)[nH]c1=O)C(F)(F)[C@H](O)[C@@H](O)CO. The van der Waals surface area contributed by atoms with E-state index in [9.17, 15) is 23.2 Å². The average molecular weight is 280 g/mol. The molecule has 1 heterocycles. The molecule has 4 N–H and O–H groups in total. The summed E-state index contributed by atoms with van der Waals surface area (Å²) in [5, 5.41) is 26.4. The van der Waals surface area contributed by atoms with E-state index in [-0.39, 0.29) is 4.57 Å². The summed E-state index contributed by atoms with van der Waals surface area (Å²) in [6, 6.07) is 0.657. The summed E-state index contributed by atoms with van der Waals surface area (Å²) in [7, 11) is 0. The van der Waals surface area contributed by atoms with Crippen molar-refractivity contribution in [3.63, 3.8) is 0 Å². The number of carbonyl (C=O) groups is 1. The standard InChI is InChI=1S/C9H10F2N2O6/c10-9(11,6(17)4(15)3-14)7(18)13-2-1-5(16)12-8(13)19/h1-2,4,6,14-15,17H,3H2,(H,12,16,19)/t4-,6+/m0/s1. The average Bonchev–Trinajstić information content (AvgIpc) is 2.36. The molecule has 0 amide bonds. The molecule has 0 fully saturated rings. The zero-order valence-corrected chi connectivity index (χ0v) is 9.29. The molecule has 0 bridgehead atoms. The molecule has 0 saturated heterocycles. The van der Waals surface area contributed by atoms with Crippen molar-refractivity contribution >= 4 is 5.91 Å². The first-order chi connectivity index (χ1) is 8.71. The molecule has 1 rings (SSSR count). The minimum Gasteiger partial charge on any atom is -0.394 e. The van der Waals surface area contributed by atoms with Crippen molar-refractivity contribution in [1.82, 2.24) is 9.55 Å². The fraction of sp³-hybridized carbons (Fsp3) is 0.444. The van der Waals surface area contributed by atoms with E-state index in [2.05, 4.69) is 0 Å². The largest absolute Gasteiger partial charge is 0.394 e. The minimum absolute atomic E-state index is 0.116. The molecule has 0 aliphatic carbocycles. The Kier molecular flexibility index (Phi) is 4.29. The van der Waals surface area contributed by atoms with Crippen LogP contribution in [0.4, 0.5) is 8.78 Å². The van der Waals surface area contributed by atoms with E-state index in [4.69, 9.17) is 15.3 Å². The molecule has 0 aliphatic heterocycles. The van der Waals surface area contributed by atoms with Crippen molar-refractivity contribution in [3.8, 4) is 0 Å². The predicted octanol–water partition coefficient (Wildman–Crippen LogP) is -2.47. The summed E-state index contributed by atoms with van der Waals surface area (Å²) >= 11 is 0. The van der Waals surface area contributed by atoms with Crippen LogP contribution in [0.3, 0.4) is 0 Å². The summed E-state index contributed by atoms with van der Waals surface area (Å²) in [5.41, 5.74) is -2.31. The number of aromatic nitrogens is 2. The summed E-state index contributed by atoms with van der Waals surface area (Å²) in [6.07, 6.45) is -4.66. The molecule has 0 unspecified atom stereocenters. The van der Waals surface area contributed by atoms with E-state index in [1.54, 1.807) is 4.98 Å². The van der Waals surface area contributed by atoms with Gasteiger partial charge in [-0.15, -0.1) is 0 Å². The van der Waals surface area contributed by atoms with Gasteiger partial charge in [0.1, 0.15) is 6.10 Å². The minimum atomic E-state index is -4.52. The summed E-state index contributed by atoms with van der Waals surface area (Å²) < 4.78 is 26.9. The van der Waals surface area contributed by atoms with Crippen molar-refractivity contribution in [3.05, 3.63) is 33.1 Å². The zero-order valence-electron chi connectivity index (χ0n) is 9.29. The quantitative estimate of drug-likeness (QED) is 0.483. The van der Waals surface area contributed by atoms with Gasteiger partial charge in [0.25, 0.3) is 5.56 Å². The number of alkyl halides is 2. The smallest absolute Gasteiger partial charge is 0.353 e. The molecule has 0 aromatic carbocycles. The number of halogens is 2. The lowest BCUT2D eigenvalue weighted by Gasteiger charge is -2.24. The highest BCUT2D eigenvalue weighted by Crippen LogP contribution is 2.22. The maximum Gasteiger partial charge on any atom is 0.353 e. The Morgan fingerprint density at radius 1 is 1.42 bits per heavy atom. The van der Waals surface area contributed by atoms with E-state index < -0.39 is 41.9 Å². The van der Waals surface area contributed by atoms with Gasteiger partial charge in [0, 0.05) is 12.3 Å². The van der Waals surface area contributed by atoms with Crippen molar-refractivity contribution in [1.29, 1.82) is 0 Å². The molecule has 0 radical (unpaired) electrons. The van der Waals surface area contributed by atoms with E-state index in [1.165, 1.54) is 0 Å². The van der Waals surface area contributed by atoms with Crippen LogP contribution in [0.15, 0.2) is 21.9 Å². The van der Waals surface area contributed by atoms with Crippen molar-refractivity contribution < 1.29 is 28.9 Å². The fourth-order valence-corrected chi connectivity index (χ4v) is 1.21. The van der Waals surface area contributed by atoms with Crippen molar-refractivity contribution in [2.24, 2.45) is 0 Å². The third-order valence-corrected chi connectivity index (χ3v) is 2.25. The Balaban J connectivity index is 3.18. The zero-order chi connectivity index (χ0) is 14.8. The second-order valence-electron chi connectivity index (χ2n) is 3.60. The first-order valence-electron chi connectivity index (χ1n) is 4.93. The molecule has 0 saturated carbocycles. The first kappa shape index (κ1) is 15.1. The number of aromatic amines is 1. The highest BCUT2D eigenvalue weighted by atomic mass is 19.3. The molecule has 0 spiro atoms. The van der Waals surface area contributed by atoms with Crippen molar-refractivity contribution in [2.45, 2.75) is 18.1 Å². The number of hydrogen-bond donors (Lipinski definition) is 4. The first-order valence-corrected chi connectivity index (χ1v) is 4.93. The van der Waals surface area contributed by atoms with Gasteiger partial charge >= 0.3 is 17.5 Å². The van der Waals surface area contributed by atoms with Gasteiger partial charge in [-0.3, -0.25) is 14.6 Å². The van der Waals surface area contributed by atoms with Crippen LogP contribution in [0, 0.1) is 0 Å². The summed E-state index contributed by atoms with van der Waals surface area (Å²) in [4.78, 5) is 34.8. The number of hydrogen-bond acceptors (Lipinski definition) is 6. The van der Waals surface area contributed by atoms with Gasteiger partial charge in [-0.25, -0.2) is 9.36 Å². The van der Waals surface area contributed by atoms with Crippen LogP contribution < -0.4 is 11.2 Å². The van der Waals surface area contributed by atoms with Gasteiger partial charge < -0.3 is 15.3 Å². The molecule has 0 aliphatic rings. The van der Waals surface area contributed by atoms with Gasteiger partial charge in [0.2, 0.25) is 0 Å².